The minimum absolute atomic E-state index is 0.0318. The Morgan fingerprint density at radius 3 is 2.35 bits per heavy atom. The summed E-state index contributed by atoms with van der Waals surface area (Å²) in [7, 11) is 0. The van der Waals surface area contributed by atoms with E-state index in [9.17, 15) is 10.1 Å². The van der Waals surface area contributed by atoms with E-state index in [2.05, 4.69) is 9.97 Å². The Kier molecular flexibility index (Phi) is 4.24. The second kappa shape index (κ2) is 6.65. The van der Waals surface area contributed by atoms with Crippen LogP contribution in [0.4, 0.5) is 5.69 Å². The molecule has 0 fully saturated rings. The van der Waals surface area contributed by atoms with Crippen LogP contribution in [0.3, 0.4) is 0 Å². The molecule has 0 saturated heterocycles. The van der Waals surface area contributed by atoms with Crippen LogP contribution in [0.25, 0.3) is 11.3 Å². The van der Waals surface area contributed by atoms with Gasteiger partial charge in [0.2, 0.25) is 5.88 Å². The standard InChI is InChI=1S/C17H13N3O3/c21-20(22)15-8-6-14(7-9-15)16-17(19-11-10-18-16)23-12-13-4-2-1-3-5-13/h1-11H,12H2. The zero-order chi connectivity index (χ0) is 16.1. The molecule has 0 aliphatic heterocycles. The molecule has 0 spiro atoms. The van der Waals surface area contributed by atoms with Gasteiger partial charge in [0.05, 0.1) is 4.92 Å². The zero-order valence-corrected chi connectivity index (χ0v) is 12.1. The fourth-order valence-corrected chi connectivity index (χ4v) is 2.10. The summed E-state index contributed by atoms with van der Waals surface area (Å²) in [4.78, 5) is 18.8. The third kappa shape index (κ3) is 3.49. The molecule has 0 amide bonds. The van der Waals surface area contributed by atoms with Crippen LogP contribution in [0.1, 0.15) is 5.56 Å². The van der Waals surface area contributed by atoms with Gasteiger partial charge in [-0.15, -0.1) is 0 Å². The van der Waals surface area contributed by atoms with E-state index >= 15 is 0 Å². The molecule has 0 N–H and O–H groups in total. The Balaban J connectivity index is 1.84. The van der Waals surface area contributed by atoms with Crippen LogP contribution in [-0.4, -0.2) is 14.9 Å². The van der Waals surface area contributed by atoms with Gasteiger partial charge >= 0.3 is 0 Å². The maximum Gasteiger partial charge on any atom is 0.269 e. The van der Waals surface area contributed by atoms with E-state index in [0.29, 0.717) is 23.7 Å². The van der Waals surface area contributed by atoms with Crippen molar-refractivity contribution in [3.63, 3.8) is 0 Å². The molecule has 0 aliphatic rings. The van der Waals surface area contributed by atoms with Crippen LogP contribution in [-0.2, 0) is 6.61 Å². The summed E-state index contributed by atoms with van der Waals surface area (Å²) in [5, 5.41) is 10.7. The summed E-state index contributed by atoms with van der Waals surface area (Å²) in [5.74, 6) is 0.394. The number of nitro benzene ring substituents is 1. The van der Waals surface area contributed by atoms with E-state index < -0.39 is 4.92 Å². The highest BCUT2D eigenvalue weighted by molar-refractivity contribution is 5.65. The number of aromatic nitrogens is 2. The summed E-state index contributed by atoms with van der Waals surface area (Å²) in [6.07, 6.45) is 3.11. The molecule has 0 radical (unpaired) electrons. The number of ether oxygens (including phenoxy) is 1. The minimum Gasteiger partial charge on any atom is -0.471 e. The summed E-state index contributed by atoms with van der Waals surface area (Å²) in [6.45, 7) is 0.375. The van der Waals surface area contributed by atoms with Crippen molar-refractivity contribution < 1.29 is 9.66 Å². The van der Waals surface area contributed by atoms with E-state index in [1.54, 1.807) is 24.5 Å². The highest BCUT2D eigenvalue weighted by Crippen LogP contribution is 2.27. The molecule has 2 aromatic carbocycles. The monoisotopic (exact) mass is 307 g/mol. The number of rotatable bonds is 5. The van der Waals surface area contributed by atoms with Crippen LogP contribution in [0.2, 0.25) is 0 Å². The third-order valence-electron chi connectivity index (χ3n) is 3.23. The molecule has 6 heteroatoms. The predicted molar refractivity (Wildman–Crippen MR) is 84.9 cm³/mol. The number of benzene rings is 2. The van der Waals surface area contributed by atoms with Crippen LogP contribution in [0, 0.1) is 10.1 Å². The average Bonchev–Trinajstić information content (AvgIpc) is 2.61. The van der Waals surface area contributed by atoms with Gasteiger partial charge in [-0.3, -0.25) is 10.1 Å². The molecule has 3 aromatic rings. The molecule has 0 saturated carbocycles. The Hall–Kier alpha value is -3.28. The van der Waals surface area contributed by atoms with Gasteiger partial charge in [0, 0.05) is 30.1 Å². The van der Waals surface area contributed by atoms with E-state index in [1.165, 1.54) is 12.1 Å². The average molecular weight is 307 g/mol. The molecule has 1 heterocycles. The Labute approximate surface area is 132 Å². The van der Waals surface area contributed by atoms with E-state index in [1.807, 2.05) is 30.3 Å². The highest BCUT2D eigenvalue weighted by atomic mass is 16.6. The van der Waals surface area contributed by atoms with Gasteiger partial charge in [0.25, 0.3) is 5.69 Å². The molecule has 23 heavy (non-hydrogen) atoms. The molecule has 0 bridgehead atoms. The van der Waals surface area contributed by atoms with Crippen molar-refractivity contribution in [3.05, 3.63) is 82.7 Å². The molecule has 114 valence electrons. The Bertz CT molecular complexity index is 805. The van der Waals surface area contributed by atoms with Gasteiger partial charge in [-0.1, -0.05) is 30.3 Å². The Morgan fingerprint density at radius 1 is 0.957 bits per heavy atom. The number of hydrogen-bond acceptors (Lipinski definition) is 5. The van der Waals surface area contributed by atoms with E-state index in [-0.39, 0.29) is 5.69 Å². The van der Waals surface area contributed by atoms with Crippen molar-refractivity contribution in [1.29, 1.82) is 0 Å². The first-order chi connectivity index (χ1) is 11.2. The number of nitrogens with zero attached hydrogens (tertiary/aromatic N) is 3. The first-order valence-corrected chi connectivity index (χ1v) is 6.96. The smallest absolute Gasteiger partial charge is 0.269 e. The fraction of sp³-hybridized carbons (Fsp3) is 0.0588. The highest BCUT2D eigenvalue weighted by Gasteiger charge is 2.11. The molecule has 0 aliphatic carbocycles. The van der Waals surface area contributed by atoms with Crippen LogP contribution >= 0.6 is 0 Å². The first kappa shape index (κ1) is 14.6. The van der Waals surface area contributed by atoms with Gasteiger partial charge in [-0.2, -0.15) is 0 Å². The molecular weight excluding hydrogens is 294 g/mol. The minimum atomic E-state index is -0.437. The van der Waals surface area contributed by atoms with Crippen molar-refractivity contribution in [3.8, 4) is 17.1 Å². The number of hydrogen-bond donors (Lipinski definition) is 0. The quantitative estimate of drug-likeness (QED) is 0.531. The number of nitro groups is 1. The summed E-state index contributed by atoms with van der Waals surface area (Å²) in [5.41, 5.74) is 2.32. The topological polar surface area (TPSA) is 78.2 Å². The Morgan fingerprint density at radius 2 is 1.65 bits per heavy atom. The zero-order valence-electron chi connectivity index (χ0n) is 12.1. The van der Waals surface area contributed by atoms with Gasteiger partial charge in [-0.05, 0) is 17.7 Å². The normalized spacial score (nSPS) is 10.3. The summed E-state index contributed by atoms with van der Waals surface area (Å²) in [6, 6.07) is 15.9. The molecule has 6 nitrogen and oxygen atoms in total. The van der Waals surface area contributed by atoms with Gasteiger partial charge in [0.15, 0.2) is 0 Å². The molecule has 3 rings (SSSR count). The lowest BCUT2D eigenvalue weighted by Gasteiger charge is -2.09. The maximum absolute atomic E-state index is 10.7. The second-order valence-electron chi connectivity index (χ2n) is 4.79. The fourth-order valence-electron chi connectivity index (χ4n) is 2.10. The lowest BCUT2D eigenvalue weighted by atomic mass is 10.1. The molecule has 0 unspecified atom stereocenters. The molecular formula is C17H13N3O3. The maximum atomic E-state index is 10.7. The van der Waals surface area contributed by atoms with Crippen LogP contribution < -0.4 is 4.74 Å². The molecule has 0 atom stereocenters. The first-order valence-electron chi connectivity index (χ1n) is 6.96. The van der Waals surface area contributed by atoms with Crippen molar-refractivity contribution >= 4 is 5.69 Å². The van der Waals surface area contributed by atoms with Crippen molar-refractivity contribution in [2.75, 3.05) is 0 Å². The molecule has 1 aromatic heterocycles. The summed E-state index contributed by atoms with van der Waals surface area (Å²) < 4.78 is 5.75. The SMILES string of the molecule is O=[N+]([O-])c1ccc(-c2nccnc2OCc2ccccc2)cc1. The van der Waals surface area contributed by atoms with Crippen LogP contribution in [0.5, 0.6) is 5.88 Å². The van der Waals surface area contributed by atoms with Crippen molar-refractivity contribution in [2.24, 2.45) is 0 Å². The van der Waals surface area contributed by atoms with Gasteiger partial charge in [-0.25, -0.2) is 9.97 Å². The third-order valence-corrected chi connectivity index (χ3v) is 3.23. The predicted octanol–water partition coefficient (Wildman–Crippen LogP) is 3.63. The van der Waals surface area contributed by atoms with Crippen LogP contribution in [0.15, 0.2) is 67.0 Å². The van der Waals surface area contributed by atoms with Gasteiger partial charge < -0.3 is 4.74 Å². The lowest BCUT2D eigenvalue weighted by molar-refractivity contribution is -0.384. The second-order valence-corrected chi connectivity index (χ2v) is 4.79. The number of non-ortho nitro benzene ring substituents is 1. The summed E-state index contributed by atoms with van der Waals surface area (Å²) >= 11 is 0. The van der Waals surface area contributed by atoms with E-state index in [4.69, 9.17) is 4.74 Å². The lowest BCUT2D eigenvalue weighted by Crippen LogP contribution is -2.00. The van der Waals surface area contributed by atoms with Crippen molar-refractivity contribution in [2.45, 2.75) is 6.61 Å². The van der Waals surface area contributed by atoms with Gasteiger partial charge in [0.1, 0.15) is 12.3 Å². The van der Waals surface area contributed by atoms with E-state index in [0.717, 1.165) is 5.56 Å². The largest absolute Gasteiger partial charge is 0.471 e. The van der Waals surface area contributed by atoms with Crippen molar-refractivity contribution in [1.82, 2.24) is 9.97 Å².